The molecule has 0 bridgehead atoms. The number of rotatable bonds is 10. The van der Waals surface area contributed by atoms with E-state index in [4.69, 9.17) is 9.47 Å². The Labute approximate surface area is 150 Å². The minimum absolute atomic E-state index is 0.643. The summed E-state index contributed by atoms with van der Waals surface area (Å²) in [6.07, 6.45) is 3.99. The van der Waals surface area contributed by atoms with Crippen LogP contribution in [0, 0.1) is 6.92 Å². The average molecular weight is 346 g/mol. The molecule has 0 aliphatic rings. The molecule has 3 N–H and O–H groups in total. The zero-order valence-electron chi connectivity index (χ0n) is 15.5. The van der Waals surface area contributed by atoms with E-state index in [0.717, 1.165) is 38.5 Å². The molecule has 0 unspecified atom stereocenters. The molecule has 1 aromatic heterocycles. The van der Waals surface area contributed by atoms with Gasteiger partial charge in [-0.2, -0.15) is 0 Å². The van der Waals surface area contributed by atoms with Crippen LogP contribution >= 0.6 is 0 Å². The van der Waals surface area contributed by atoms with Crippen molar-refractivity contribution >= 4 is 16.9 Å². The smallest absolute Gasteiger partial charge is 0.190 e. The van der Waals surface area contributed by atoms with E-state index in [-0.39, 0.29) is 0 Å². The molecule has 0 amide bonds. The summed E-state index contributed by atoms with van der Waals surface area (Å²) in [4.78, 5) is 7.61. The predicted molar refractivity (Wildman–Crippen MR) is 103 cm³/mol. The number of aromatic amines is 1. The maximum atomic E-state index is 5.44. The summed E-state index contributed by atoms with van der Waals surface area (Å²) in [5.74, 6) is 0.827. The fourth-order valence-corrected chi connectivity index (χ4v) is 2.81. The largest absolute Gasteiger partial charge is 0.382 e. The second kappa shape index (κ2) is 10.7. The molecule has 0 fully saturated rings. The van der Waals surface area contributed by atoms with Gasteiger partial charge < -0.3 is 25.1 Å². The quantitative estimate of drug-likeness (QED) is 0.350. The van der Waals surface area contributed by atoms with E-state index in [2.05, 4.69) is 51.9 Å². The fourth-order valence-electron chi connectivity index (χ4n) is 2.81. The van der Waals surface area contributed by atoms with Crippen molar-refractivity contribution in [3.63, 3.8) is 0 Å². The van der Waals surface area contributed by atoms with Gasteiger partial charge in [-0.1, -0.05) is 12.1 Å². The number of methoxy groups -OCH3 is 1. The Bertz CT molecular complexity index is 666. The lowest BCUT2D eigenvalue weighted by molar-refractivity contribution is 0.0698. The minimum atomic E-state index is 0.643. The second-order valence-corrected chi connectivity index (χ2v) is 5.95. The van der Waals surface area contributed by atoms with Gasteiger partial charge in [-0.25, -0.2) is 0 Å². The van der Waals surface area contributed by atoms with Crippen LogP contribution < -0.4 is 10.6 Å². The van der Waals surface area contributed by atoms with Crippen molar-refractivity contribution in [3.05, 3.63) is 35.5 Å². The van der Waals surface area contributed by atoms with E-state index in [1.807, 2.05) is 0 Å². The van der Waals surface area contributed by atoms with Gasteiger partial charge in [-0.15, -0.1) is 0 Å². The zero-order valence-corrected chi connectivity index (χ0v) is 15.5. The third-order valence-corrected chi connectivity index (χ3v) is 4.10. The molecule has 138 valence electrons. The molecular weight excluding hydrogens is 316 g/mol. The van der Waals surface area contributed by atoms with E-state index in [9.17, 15) is 0 Å². The van der Waals surface area contributed by atoms with Gasteiger partial charge in [0.05, 0.1) is 13.2 Å². The topological polar surface area (TPSA) is 70.7 Å². The Morgan fingerprint density at radius 2 is 2.00 bits per heavy atom. The third-order valence-electron chi connectivity index (χ3n) is 4.10. The Morgan fingerprint density at radius 3 is 2.80 bits per heavy atom. The summed E-state index contributed by atoms with van der Waals surface area (Å²) in [7, 11) is 3.47. The Hall–Kier alpha value is -2.05. The molecule has 6 heteroatoms. The molecule has 0 spiro atoms. The number of H-pyrrole nitrogens is 1. The maximum absolute atomic E-state index is 5.44. The lowest BCUT2D eigenvalue weighted by Crippen LogP contribution is -2.39. The fraction of sp³-hybridized carbons (Fsp3) is 0.526. The summed E-state index contributed by atoms with van der Waals surface area (Å²) in [6.45, 7) is 5.84. The first-order valence-corrected chi connectivity index (χ1v) is 8.83. The minimum Gasteiger partial charge on any atom is -0.382 e. The normalized spacial score (nSPS) is 11.9. The van der Waals surface area contributed by atoms with Crippen LogP contribution in [0.1, 0.15) is 17.5 Å². The molecule has 6 nitrogen and oxygen atoms in total. The molecule has 0 atom stereocenters. The molecule has 1 heterocycles. The molecule has 2 rings (SSSR count). The van der Waals surface area contributed by atoms with Crippen molar-refractivity contribution < 1.29 is 9.47 Å². The SMILES string of the molecule is CN=C(NCCCOCCOC)NCCc1c[nH]c2cccc(C)c12. The number of ether oxygens (including phenoxy) is 2. The summed E-state index contributed by atoms with van der Waals surface area (Å²) >= 11 is 0. The molecule has 25 heavy (non-hydrogen) atoms. The van der Waals surface area contributed by atoms with Crippen molar-refractivity contribution in [2.24, 2.45) is 4.99 Å². The molecular formula is C19H30N4O2. The second-order valence-electron chi connectivity index (χ2n) is 5.95. The Kier molecular flexibility index (Phi) is 8.28. The van der Waals surface area contributed by atoms with Crippen LogP contribution in [-0.2, 0) is 15.9 Å². The van der Waals surface area contributed by atoms with Crippen LogP contribution in [-0.4, -0.2) is 58.0 Å². The van der Waals surface area contributed by atoms with Crippen LogP contribution in [0.4, 0.5) is 0 Å². The van der Waals surface area contributed by atoms with E-state index < -0.39 is 0 Å². The molecule has 0 saturated heterocycles. The van der Waals surface area contributed by atoms with E-state index in [1.54, 1.807) is 14.2 Å². The van der Waals surface area contributed by atoms with Crippen molar-refractivity contribution in [1.82, 2.24) is 15.6 Å². The van der Waals surface area contributed by atoms with Crippen LogP contribution in [0.25, 0.3) is 10.9 Å². The zero-order chi connectivity index (χ0) is 17.9. The number of guanidine groups is 1. The molecule has 2 aromatic rings. The van der Waals surface area contributed by atoms with E-state index in [0.29, 0.717) is 13.2 Å². The molecule has 0 radical (unpaired) electrons. The van der Waals surface area contributed by atoms with Crippen LogP contribution in [0.5, 0.6) is 0 Å². The van der Waals surface area contributed by atoms with Crippen molar-refractivity contribution in [1.29, 1.82) is 0 Å². The number of aryl methyl sites for hydroxylation is 1. The third kappa shape index (κ3) is 6.07. The summed E-state index contributed by atoms with van der Waals surface area (Å²) in [5.41, 5.74) is 3.85. The number of aliphatic imine (C=N–C) groups is 1. The van der Waals surface area contributed by atoms with Crippen LogP contribution in [0.2, 0.25) is 0 Å². The van der Waals surface area contributed by atoms with Gasteiger partial charge in [0, 0.05) is 51.0 Å². The van der Waals surface area contributed by atoms with Crippen molar-refractivity contribution in [2.45, 2.75) is 19.8 Å². The number of hydrogen-bond donors (Lipinski definition) is 3. The standard InChI is InChI=1S/C19H30N4O2/c1-15-6-4-7-17-18(15)16(14-23-17)8-10-22-19(20-2)21-9-5-11-25-13-12-24-3/h4,6-7,14,23H,5,8-13H2,1-3H3,(H2,20,21,22). The number of nitrogens with zero attached hydrogens (tertiary/aromatic N) is 1. The Balaban J connectivity index is 1.69. The van der Waals surface area contributed by atoms with E-state index in [1.165, 1.54) is 22.0 Å². The summed E-state index contributed by atoms with van der Waals surface area (Å²) in [5, 5.41) is 8.01. The number of aromatic nitrogens is 1. The van der Waals surface area contributed by atoms with Gasteiger partial charge in [0.25, 0.3) is 0 Å². The lowest BCUT2D eigenvalue weighted by atomic mass is 10.1. The Morgan fingerprint density at radius 1 is 1.16 bits per heavy atom. The molecule has 0 saturated carbocycles. The van der Waals surface area contributed by atoms with Crippen LogP contribution in [0.15, 0.2) is 29.4 Å². The van der Waals surface area contributed by atoms with Gasteiger partial charge in [-0.3, -0.25) is 4.99 Å². The number of hydrogen-bond acceptors (Lipinski definition) is 3. The highest BCUT2D eigenvalue weighted by atomic mass is 16.5. The lowest BCUT2D eigenvalue weighted by Gasteiger charge is -2.12. The van der Waals surface area contributed by atoms with Crippen molar-refractivity contribution in [3.8, 4) is 0 Å². The first-order chi connectivity index (χ1) is 12.3. The van der Waals surface area contributed by atoms with Gasteiger partial charge in [0.15, 0.2) is 5.96 Å². The number of benzene rings is 1. The van der Waals surface area contributed by atoms with Gasteiger partial charge >= 0.3 is 0 Å². The van der Waals surface area contributed by atoms with Gasteiger partial charge in [0.2, 0.25) is 0 Å². The molecule has 0 aliphatic heterocycles. The number of fused-ring (bicyclic) bond motifs is 1. The maximum Gasteiger partial charge on any atom is 0.190 e. The highest BCUT2D eigenvalue weighted by Crippen LogP contribution is 2.22. The summed E-state index contributed by atoms with van der Waals surface area (Å²) in [6, 6.07) is 6.36. The molecule has 0 aliphatic carbocycles. The number of nitrogens with one attached hydrogen (secondary N) is 3. The highest BCUT2D eigenvalue weighted by molar-refractivity contribution is 5.86. The molecule has 1 aromatic carbocycles. The average Bonchev–Trinajstić information content (AvgIpc) is 3.04. The first kappa shape index (κ1) is 19.3. The predicted octanol–water partition coefficient (Wildman–Crippen LogP) is 2.24. The highest BCUT2D eigenvalue weighted by Gasteiger charge is 2.06. The monoisotopic (exact) mass is 346 g/mol. The van der Waals surface area contributed by atoms with Crippen LogP contribution in [0.3, 0.4) is 0 Å². The van der Waals surface area contributed by atoms with Crippen molar-refractivity contribution in [2.75, 3.05) is 47.1 Å². The van der Waals surface area contributed by atoms with Gasteiger partial charge in [-0.05, 0) is 37.0 Å². The first-order valence-electron chi connectivity index (χ1n) is 8.83. The van der Waals surface area contributed by atoms with Gasteiger partial charge in [0.1, 0.15) is 0 Å². The summed E-state index contributed by atoms with van der Waals surface area (Å²) < 4.78 is 10.4. The van der Waals surface area contributed by atoms with E-state index >= 15 is 0 Å².